The van der Waals surface area contributed by atoms with Crippen LogP contribution in [-0.2, 0) is 13.6 Å². The second-order valence-corrected chi connectivity index (χ2v) is 4.64. The molecule has 18 heavy (non-hydrogen) atoms. The van der Waals surface area contributed by atoms with Gasteiger partial charge in [-0.25, -0.2) is 0 Å². The van der Waals surface area contributed by atoms with Gasteiger partial charge in [-0.1, -0.05) is 11.6 Å². The highest BCUT2D eigenvalue weighted by molar-refractivity contribution is 6.31. The summed E-state index contributed by atoms with van der Waals surface area (Å²) in [6.45, 7) is 0.691. The van der Waals surface area contributed by atoms with Crippen LogP contribution in [0.25, 0.3) is 0 Å². The molecule has 0 spiro atoms. The number of anilines is 1. The number of carbonyl (C=O) groups is 1. The van der Waals surface area contributed by atoms with Crippen molar-refractivity contribution in [3.8, 4) is 0 Å². The Balaban J connectivity index is 2.23. The first-order valence-electron chi connectivity index (χ1n) is 5.53. The number of halogens is 1. The maximum Gasteiger partial charge on any atom is 0.152 e. The molecule has 0 radical (unpaired) electrons. The lowest BCUT2D eigenvalue weighted by molar-refractivity contribution is 0.112. The summed E-state index contributed by atoms with van der Waals surface area (Å²) in [7, 11) is 3.81. The molecule has 5 heteroatoms. The van der Waals surface area contributed by atoms with Crippen molar-refractivity contribution in [2.75, 3.05) is 11.9 Å². The van der Waals surface area contributed by atoms with Gasteiger partial charge in [0.1, 0.15) is 0 Å². The third-order valence-corrected chi connectivity index (χ3v) is 2.94. The zero-order valence-electron chi connectivity index (χ0n) is 10.3. The molecule has 0 unspecified atom stereocenters. The van der Waals surface area contributed by atoms with Crippen molar-refractivity contribution in [3.05, 3.63) is 46.7 Å². The van der Waals surface area contributed by atoms with Gasteiger partial charge in [0.2, 0.25) is 0 Å². The van der Waals surface area contributed by atoms with Gasteiger partial charge in [-0.15, -0.1) is 0 Å². The Hall–Kier alpha value is -1.81. The average Bonchev–Trinajstić information content (AvgIpc) is 2.74. The molecule has 94 valence electrons. The predicted octanol–water partition coefficient (Wildman–Crippen LogP) is 2.52. The van der Waals surface area contributed by atoms with Gasteiger partial charge in [-0.3, -0.25) is 9.48 Å². The van der Waals surface area contributed by atoms with Gasteiger partial charge < -0.3 is 4.90 Å². The summed E-state index contributed by atoms with van der Waals surface area (Å²) in [4.78, 5) is 13.0. The molecule has 1 aromatic carbocycles. The number of carbonyl (C=O) groups excluding carboxylic acids is 1. The van der Waals surface area contributed by atoms with Gasteiger partial charge in [0.05, 0.1) is 6.20 Å². The van der Waals surface area contributed by atoms with Crippen molar-refractivity contribution in [1.29, 1.82) is 0 Å². The van der Waals surface area contributed by atoms with Gasteiger partial charge in [0.25, 0.3) is 0 Å². The fraction of sp³-hybridized carbons (Fsp3) is 0.231. The fourth-order valence-corrected chi connectivity index (χ4v) is 2.06. The van der Waals surface area contributed by atoms with Crippen molar-refractivity contribution < 1.29 is 4.79 Å². The Morgan fingerprint density at radius 1 is 1.50 bits per heavy atom. The normalized spacial score (nSPS) is 10.4. The van der Waals surface area contributed by atoms with Crippen LogP contribution in [0, 0.1) is 0 Å². The number of nitrogens with zero attached hydrogens (tertiary/aromatic N) is 3. The first-order valence-corrected chi connectivity index (χ1v) is 5.91. The monoisotopic (exact) mass is 263 g/mol. The van der Waals surface area contributed by atoms with Crippen LogP contribution in [0.2, 0.25) is 5.02 Å². The first kappa shape index (κ1) is 12.6. The summed E-state index contributed by atoms with van der Waals surface area (Å²) < 4.78 is 1.76. The van der Waals surface area contributed by atoms with E-state index in [4.69, 9.17) is 11.6 Å². The molecule has 0 aliphatic rings. The largest absolute Gasteiger partial charge is 0.370 e. The molecule has 1 aromatic heterocycles. The maximum atomic E-state index is 11.0. The minimum absolute atomic E-state index is 0.565. The van der Waals surface area contributed by atoms with E-state index in [9.17, 15) is 4.79 Å². The summed E-state index contributed by atoms with van der Waals surface area (Å²) in [5, 5.41) is 4.68. The second-order valence-electron chi connectivity index (χ2n) is 4.20. The van der Waals surface area contributed by atoms with Crippen molar-refractivity contribution in [2.45, 2.75) is 6.54 Å². The van der Waals surface area contributed by atoms with Crippen molar-refractivity contribution in [2.24, 2.45) is 7.05 Å². The quantitative estimate of drug-likeness (QED) is 0.796. The maximum absolute atomic E-state index is 11.0. The Morgan fingerprint density at radius 3 is 2.89 bits per heavy atom. The zero-order chi connectivity index (χ0) is 13.1. The van der Waals surface area contributed by atoms with Crippen molar-refractivity contribution in [3.63, 3.8) is 0 Å². The van der Waals surface area contributed by atoms with Gasteiger partial charge in [0, 0.05) is 48.7 Å². The predicted molar refractivity (Wildman–Crippen MR) is 72.2 cm³/mol. The van der Waals surface area contributed by atoms with E-state index >= 15 is 0 Å². The lowest BCUT2D eigenvalue weighted by Crippen LogP contribution is -2.17. The number of rotatable bonds is 4. The summed E-state index contributed by atoms with van der Waals surface area (Å²) in [6.07, 6.45) is 4.58. The highest BCUT2D eigenvalue weighted by atomic mass is 35.5. The number of hydrogen-bond acceptors (Lipinski definition) is 3. The fourth-order valence-electron chi connectivity index (χ4n) is 1.88. The lowest BCUT2D eigenvalue weighted by Gasteiger charge is -2.20. The molecular formula is C13H14ClN3O. The van der Waals surface area contributed by atoms with Crippen LogP contribution in [0.3, 0.4) is 0 Å². The highest BCUT2D eigenvalue weighted by Crippen LogP contribution is 2.23. The average molecular weight is 264 g/mol. The van der Waals surface area contributed by atoms with E-state index in [0.29, 0.717) is 17.1 Å². The van der Waals surface area contributed by atoms with E-state index in [2.05, 4.69) is 5.10 Å². The van der Waals surface area contributed by atoms with Gasteiger partial charge in [-0.2, -0.15) is 5.10 Å². The summed E-state index contributed by atoms with van der Waals surface area (Å²) in [5.41, 5.74) is 2.54. The molecule has 0 fully saturated rings. The Labute approximate surface area is 111 Å². The van der Waals surface area contributed by atoms with Crippen molar-refractivity contribution in [1.82, 2.24) is 9.78 Å². The summed E-state index contributed by atoms with van der Waals surface area (Å²) in [5.74, 6) is 0. The van der Waals surface area contributed by atoms with Crippen LogP contribution in [0.1, 0.15) is 15.9 Å². The molecular weight excluding hydrogens is 250 g/mol. The minimum atomic E-state index is 0.565. The smallest absolute Gasteiger partial charge is 0.152 e. The highest BCUT2D eigenvalue weighted by Gasteiger charge is 2.09. The molecule has 4 nitrogen and oxygen atoms in total. The Bertz CT molecular complexity index is 565. The molecule has 0 amide bonds. The molecule has 2 rings (SSSR count). The molecule has 0 aliphatic heterocycles. The second kappa shape index (κ2) is 5.23. The van der Waals surface area contributed by atoms with Crippen LogP contribution in [-0.4, -0.2) is 23.1 Å². The Kier molecular flexibility index (Phi) is 3.67. The number of aromatic nitrogens is 2. The molecule has 0 bridgehead atoms. The SMILES string of the molecule is CN(Cc1cnn(C)c1)c1ccc(Cl)cc1C=O. The van der Waals surface area contributed by atoms with E-state index in [-0.39, 0.29) is 0 Å². The third-order valence-electron chi connectivity index (χ3n) is 2.71. The molecule has 0 aliphatic carbocycles. The number of benzene rings is 1. The molecule has 0 atom stereocenters. The molecule has 1 heterocycles. The molecule has 0 saturated carbocycles. The van der Waals surface area contributed by atoms with E-state index < -0.39 is 0 Å². The molecule has 0 N–H and O–H groups in total. The Morgan fingerprint density at radius 2 is 2.28 bits per heavy atom. The van der Waals surface area contributed by atoms with Gasteiger partial charge >= 0.3 is 0 Å². The lowest BCUT2D eigenvalue weighted by atomic mass is 10.1. The van der Waals surface area contributed by atoms with Crippen LogP contribution in [0.4, 0.5) is 5.69 Å². The summed E-state index contributed by atoms with van der Waals surface area (Å²) in [6, 6.07) is 5.30. The van der Waals surface area contributed by atoms with E-state index in [1.54, 1.807) is 16.8 Å². The first-order chi connectivity index (χ1) is 8.60. The van der Waals surface area contributed by atoms with E-state index in [1.807, 2.05) is 37.5 Å². The van der Waals surface area contributed by atoms with E-state index in [1.165, 1.54) is 0 Å². The van der Waals surface area contributed by atoms with E-state index in [0.717, 1.165) is 17.5 Å². The number of hydrogen-bond donors (Lipinski definition) is 0. The summed E-state index contributed by atoms with van der Waals surface area (Å²) >= 11 is 5.87. The number of aryl methyl sites for hydroxylation is 1. The third kappa shape index (κ3) is 2.71. The zero-order valence-corrected chi connectivity index (χ0v) is 11.1. The van der Waals surface area contributed by atoms with Crippen LogP contribution < -0.4 is 4.90 Å². The minimum Gasteiger partial charge on any atom is -0.370 e. The van der Waals surface area contributed by atoms with Gasteiger partial charge in [-0.05, 0) is 18.2 Å². The van der Waals surface area contributed by atoms with Gasteiger partial charge in [0.15, 0.2) is 6.29 Å². The van der Waals surface area contributed by atoms with Crippen LogP contribution >= 0.6 is 11.6 Å². The van der Waals surface area contributed by atoms with Crippen LogP contribution in [0.15, 0.2) is 30.6 Å². The van der Waals surface area contributed by atoms with Crippen molar-refractivity contribution >= 4 is 23.6 Å². The topological polar surface area (TPSA) is 38.1 Å². The van der Waals surface area contributed by atoms with Crippen LogP contribution in [0.5, 0.6) is 0 Å². The number of aldehydes is 1. The molecule has 2 aromatic rings. The standard InChI is InChI=1S/C13H14ClN3O/c1-16(7-10-6-15-17(2)8-10)13-4-3-12(14)5-11(13)9-18/h3-6,8-9H,7H2,1-2H3. The molecule has 0 saturated heterocycles.